The first-order chi connectivity index (χ1) is 8.26. The lowest BCUT2D eigenvalue weighted by Crippen LogP contribution is -2.53. The topological polar surface area (TPSA) is 45.6 Å². The molecule has 1 aliphatic rings. The van der Waals surface area contributed by atoms with E-state index in [0.29, 0.717) is 12.6 Å². The maximum Gasteiger partial charge on any atom is 0.122 e. The molecule has 2 N–H and O–H groups in total. The molecule has 0 radical (unpaired) electrons. The molecular weight excluding hydrogens is 214 g/mol. The Hall–Kier alpha value is -0.840. The van der Waals surface area contributed by atoms with Crippen molar-refractivity contribution < 1.29 is 4.42 Å². The minimum atomic E-state index is 0.228. The summed E-state index contributed by atoms with van der Waals surface area (Å²) in [7, 11) is 0. The summed E-state index contributed by atoms with van der Waals surface area (Å²) in [6.45, 7) is 9.51. The van der Waals surface area contributed by atoms with E-state index in [1.165, 1.54) is 0 Å². The van der Waals surface area contributed by atoms with Crippen molar-refractivity contribution in [3.63, 3.8) is 0 Å². The van der Waals surface area contributed by atoms with E-state index in [1.807, 2.05) is 12.1 Å². The van der Waals surface area contributed by atoms with Crippen molar-refractivity contribution in [2.45, 2.75) is 25.9 Å². The highest BCUT2D eigenvalue weighted by molar-refractivity contribution is 5.06. The van der Waals surface area contributed by atoms with E-state index in [1.54, 1.807) is 6.26 Å². The Bertz CT molecular complexity index is 325. The van der Waals surface area contributed by atoms with Gasteiger partial charge in [0.25, 0.3) is 0 Å². The predicted octanol–water partition coefficient (Wildman–Crippen LogP) is 1.31. The van der Waals surface area contributed by atoms with Gasteiger partial charge in [0, 0.05) is 32.2 Å². The summed E-state index contributed by atoms with van der Waals surface area (Å²) < 4.78 is 5.49. The number of furan rings is 1. The first-order valence-corrected chi connectivity index (χ1v) is 6.47. The van der Waals surface area contributed by atoms with Crippen LogP contribution in [-0.4, -0.2) is 48.6 Å². The van der Waals surface area contributed by atoms with E-state index in [9.17, 15) is 0 Å². The second-order valence-corrected chi connectivity index (χ2v) is 4.74. The zero-order valence-corrected chi connectivity index (χ0v) is 10.8. The smallest absolute Gasteiger partial charge is 0.122 e. The van der Waals surface area contributed by atoms with Crippen molar-refractivity contribution in [2.75, 3.05) is 32.7 Å². The second kappa shape index (κ2) is 5.67. The Labute approximate surface area is 103 Å². The Balaban J connectivity index is 2.02. The van der Waals surface area contributed by atoms with Crippen LogP contribution in [0.4, 0.5) is 0 Å². The van der Waals surface area contributed by atoms with Crippen molar-refractivity contribution in [3.05, 3.63) is 24.2 Å². The summed E-state index contributed by atoms with van der Waals surface area (Å²) in [5.74, 6) is 0.990. The van der Waals surface area contributed by atoms with Crippen LogP contribution in [0.15, 0.2) is 22.8 Å². The molecule has 2 rings (SSSR count). The summed E-state index contributed by atoms with van der Waals surface area (Å²) in [6, 6.07) is 4.78. The summed E-state index contributed by atoms with van der Waals surface area (Å²) >= 11 is 0. The van der Waals surface area contributed by atoms with Crippen LogP contribution in [0.1, 0.15) is 25.6 Å². The zero-order valence-electron chi connectivity index (χ0n) is 10.8. The van der Waals surface area contributed by atoms with Crippen LogP contribution < -0.4 is 5.73 Å². The Kier molecular flexibility index (Phi) is 4.20. The maximum atomic E-state index is 5.89. The molecule has 0 saturated carbocycles. The number of piperazine rings is 1. The monoisotopic (exact) mass is 237 g/mol. The third kappa shape index (κ3) is 2.70. The first kappa shape index (κ1) is 12.6. The molecule has 2 unspecified atom stereocenters. The summed E-state index contributed by atoms with van der Waals surface area (Å²) in [5, 5.41) is 0. The molecule has 2 heterocycles. The van der Waals surface area contributed by atoms with Gasteiger partial charge in [-0.1, -0.05) is 6.92 Å². The third-order valence-electron chi connectivity index (χ3n) is 3.74. The van der Waals surface area contributed by atoms with E-state index >= 15 is 0 Å². The fraction of sp³-hybridized carbons (Fsp3) is 0.692. The van der Waals surface area contributed by atoms with Crippen LogP contribution in [0.3, 0.4) is 0 Å². The second-order valence-electron chi connectivity index (χ2n) is 4.74. The number of likely N-dealkylation sites (N-methyl/N-ethyl adjacent to an activating group) is 1. The van der Waals surface area contributed by atoms with Gasteiger partial charge in [-0.3, -0.25) is 9.80 Å². The predicted molar refractivity (Wildman–Crippen MR) is 68.8 cm³/mol. The normalized spacial score (nSPS) is 25.0. The van der Waals surface area contributed by atoms with E-state index < -0.39 is 0 Å². The molecule has 0 aliphatic carbocycles. The fourth-order valence-electron chi connectivity index (χ4n) is 2.70. The quantitative estimate of drug-likeness (QED) is 0.857. The van der Waals surface area contributed by atoms with Gasteiger partial charge in [-0.2, -0.15) is 0 Å². The zero-order chi connectivity index (χ0) is 12.3. The Morgan fingerprint density at radius 1 is 1.53 bits per heavy atom. The standard InChI is InChI=1S/C13H23N3O/c1-3-15-6-7-16(10-11(15)2)12(9-14)13-5-4-8-17-13/h4-5,8,11-12H,3,6-7,9-10,14H2,1-2H3. The number of hydrogen-bond donors (Lipinski definition) is 1. The number of hydrogen-bond acceptors (Lipinski definition) is 4. The van der Waals surface area contributed by atoms with Crippen molar-refractivity contribution in [3.8, 4) is 0 Å². The van der Waals surface area contributed by atoms with Crippen LogP contribution in [0.2, 0.25) is 0 Å². The number of nitrogens with two attached hydrogens (primary N) is 1. The van der Waals surface area contributed by atoms with E-state index in [4.69, 9.17) is 10.2 Å². The highest BCUT2D eigenvalue weighted by Crippen LogP contribution is 2.23. The van der Waals surface area contributed by atoms with Gasteiger partial charge >= 0.3 is 0 Å². The van der Waals surface area contributed by atoms with Crippen molar-refractivity contribution in [2.24, 2.45) is 5.73 Å². The first-order valence-electron chi connectivity index (χ1n) is 6.47. The molecule has 0 bridgehead atoms. The average molecular weight is 237 g/mol. The van der Waals surface area contributed by atoms with Crippen LogP contribution in [0.25, 0.3) is 0 Å². The van der Waals surface area contributed by atoms with Crippen molar-refractivity contribution >= 4 is 0 Å². The molecule has 0 amide bonds. The van der Waals surface area contributed by atoms with Crippen LogP contribution in [0, 0.1) is 0 Å². The van der Waals surface area contributed by atoms with Gasteiger partial charge < -0.3 is 10.2 Å². The highest BCUT2D eigenvalue weighted by Gasteiger charge is 2.28. The minimum Gasteiger partial charge on any atom is -0.468 e. The van der Waals surface area contributed by atoms with Gasteiger partial charge in [-0.25, -0.2) is 0 Å². The highest BCUT2D eigenvalue weighted by atomic mass is 16.3. The lowest BCUT2D eigenvalue weighted by atomic mass is 10.1. The van der Waals surface area contributed by atoms with Gasteiger partial charge in [-0.05, 0) is 25.6 Å². The van der Waals surface area contributed by atoms with Crippen LogP contribution in [0.5, 0.6) is 0 Å². The summed E-state index contributed by atoms with van der Waals surface area (Å²) in [4.78, 5) is 4.95. The molecule has 2 atom stereocenters. The SMILES string of the molecule is CCN1CCN(C(CN)c2ccco2)CC1C. The molecule has 4 heteroatoms. The van der Waals surface area contributed by atoms with Crippen LogP contribution in [-0.2, 0) is 0 Å². The molecule has 0 aromatic carbocycles. The Morgan fingerprint density at radius 2 is 2.35 bits per heavy atom. The average Bonchev–Trinajstić information content (AvgIpc) is 2.84. The lowest BCUT2D eigenvalue weighted by Gasteiger charge is -2.42. The Morgan fingerprint density at radius 3 is 2.88 bits per heavy atom. The number of rotatable bonds is 4. The molecule has 4 nitrogen and oxygen atoms in total. The molecule has 1 aliphatic heterocycles. The van der Waals surface area contributed by atoms with Gasteiger partial charge in [0.15, 0.2) is 0 Å². The maximum absolute atomic E-state index is 5.89. The summed E-state index contributed by atoms with van der Waals surface area (Å²) in [6.07, 6.45) is 1.73. The molecule has 1 fully saturated rings. The molecule has 1 aromatic heterocycles. The fourth-order valence-corrected chi connectivity index (χ4v) is 2.70. The van der Waals surface area contributed by atoms with E-state index in [2.05, 4.69) is 23.6 Å². The molecule has 0 spiro atoms. The molecule has 1 saturated heterocycles. The summed E-state index contributed by atoms with van der Waals surface area (Å²) in [5.41, 5.74) is 5.89. The molecule has 1 aromatic rings. The van der Waals surface area contributed by atoms with Crippen LogP contribution >= 0.6 is 0 Å². The largest absolute Gasteiger partial charge is 0.468 e. The molecule has 17 heavy (non-hydrogen) atoms. The van der Waals surface area contributed by atoms with Gasteiger partial charge in [-0.15, -0.1) is 0 Å². The number of nitrogens with zero attached hydrogens (tertiary/aromatic N) is 2. The van der Waals surface area contributed by atoms with Gasteiger partial charge in [0.05, 0.1) is 12.3 Å². The van der Waals surface area contributed by atoms with E-state index in [0.717, 1.165) is 31.9 Å². The minimum absolute atomic E-state index is 0.228. The van der Waals surface area contributed by atoms with Crippen molar-refractivity contribution in [1.29, 1.82) is 0 Å². The molecule has 96 valence electrons. The van der Waals surface area contributed by atoms with E-state index in [-0.39, 0.29) is 6.04 Å². The molecular formula is C13H23N3O. The lowest BCUT2D eigenvalue weighted by molar-refractivity contribution is 0.0541. The van der Waals surface area contributed by atoms with Gasteiger partial charge in [0.2, 0.25) is 0 Å². The van der Waals surface area contributed by atoms with Gasteiger partial charge in [0.1, 0.15) is 5.76 Å². The van der Waals surface area contributed by atoms with Crippen molar-refractivity contribution in [1.82, 2.24) is 9.80 Å². The third-order valence-corrected chi connectivity index (χ3v) is 3.74.